The number of hydrogen-bond donors (Lipinski definition) is 0. The number of carbonyl (C=O) groups excluding carboxylic acids is 1. The third-order valence-electron chi connectivity index (χ3n) is 4.73. The molecule has 0 bridgehead atoms. The standard InChI is InChI=1S/C22H22N6O/c1-13-7-6-8-17-18(21(29)27(4)5)10-19(26-20(13)17)16-11-23-28(12-16)22-24-14(2)9-15(3)25-22/h6-12H,1-5H3. The molecule has 7 nitrogen and oxygen atoms in total. The van der Waals surface area contributed by atoms with Gasteiger partial charge in [-0.1, -0.05) is 18.2 Å². The van der Waals surface area contributed by atoms with Crippen molar-refractivity contribution in [2.75, 3.05) is 14.1 Å². The van der Waals surface area contributed by atoms with Gasteiger partial charge in [0.15, 0.2) is 0 Å². The zero-order valence-electron chi connectivity index (χ0n) is 17.1. The minimum Gasteiger partial charge on any atom is -0.345 e. The summed E-state index contributed by atoms with van der Waals surface area (Å²) in [6, 6.07) is 9.62. The molecule has 3 heterocycles. The third-order valence-corrected chi connectivity index (χ3v) is 4.73. The molecule has 4 rings (SSSR count). The SMILES string of the molecule is Cc1cc(C)nc(-n2cc(-c3cc(C(=O)N(C)C)c4cccc(C)c4n3)cn2)n1. The average molecular weight is 386 g/mol. The summed E-state index contributed by atoms with van der Waals surface area (Å²) in [7, 11) is 3.50. The van der Waals surface area contributed by atoms with Gasteiger partial charge in [0.1, 0.15) is 0 Å². The summed E-state index contributed by atoms with van der Waals surface area (Å²) in [5.74, 6) is 0.449. The monoisotopic (exact) mass is 386 g/mol. The van der Waals surface area contributed by atoms with E-state index in [2.05, 4.69) is 15.1 Å². The van der Waals surface area contributed by atoms with Crippen LogP contribution in [-0.2, 0) is 0 Å². The largest absolute Gasteiger partial charge is 0.345 e. The maximum Gasteiger partial charge on any atom is 0.254 e. The molecule has 0 saturated carbocycles. The molecule has 0 spiro atoms. The molecule has 1 aromatic carbocycles. The summed E-state index contributed by atoms with van der Waals surface area (Å²) >= 11 is 0. The van der Waals surface area contributed by atoms with Gasteiger partial charge in [-0.2, -0.15) is 5.10 Å². The second-order valence-corrected chi connectivity index (χ2v) is 7.35. The molecule has 0 aliphatic rings. The molecule has 4 aromatic rings. The molecule has 0 atom stereocenters. The highest BCUT2D eigenvalue weighted by Crippen LogP contribution is 2.27. The number of fused-ring (bicyclic) bond motifs is 1. The van der Waals surface area contributed by atoms with Crippen LogP contribution in [0.3, 0.4) is 0 Å². The van der Waals surface area contributed by atoms with Gasteiger partial charge >= 0.3 is 0 Å². The predicted octanol–water partition coefficient (Wildman–Crippen LogP) is 3.50. The minimum absolute atomic E-state index is 0.0608. The van der Waals surface area contributed by atoms with Crippen LogP contribution < -0.4 is 0 Å². The summed E-state index contributed by atoms with van der Waals surface area (Å²) in [5.41, 5.74) is 5.69. The molecule has 29 heavy (non-hydrogen) atoms. The Morgan fingerprint density at radius 2 is 1.72 bits per heavy atom. The normalized spacial score (nSPS) is 11.1. The summed E-state index contributed by atoms with van der Waals surface area (Å²) in [6.45, 7) is 5.85. The number of rotatable bonds is 3. The number of nitrogens with zero attached hydrogens (tertiary/aromatic N) is 6. The zero-order valence-corrected chi connectivity index (χ0v) is 17.1. The van der Waals surface area contributed by atoms with Crippen molar-refractivity contribution in [1.82, 2.24) is 29.6 Å². The van der Waals surface area contributed by atoms with E-state index in [0.717, 1.165) is 33.4 Å². The topological polar surface area (TPSA) is 76.8 Å². The number of para-hydroxylation sites is 1. The van der Waals surface area contributed by atoms with Gasteiger partial charge in [-0.15, -0.1) is 0 Å². The number of carbonyl (C=O) groups is 1. The summed E-state index contributed by atoms with van der Waals surface area (Å²) in [5, 5.41) is 5.26. The molecule has 0 unspecified atom stereocenters. The number of benzene rings is 1. The highest BCUT2D eigenvalue weighted by Gasteiger charge is 2.17. The fourth-order valence-corrected chi connectivity index (χ4v) is 3.33. The van der Waals surface area contributed by atoms with Crippen LogP contribution in [0.25, 0.3) is 28.1 Å². The summed E-state index contributed by atoms with van der Waals surface area (Å²) in [6.07, 6.45) is 3.56. The number of pyridine rings is 1. The molecule has 1 amide bonds. The van der Waals surface area contributed by atoms with E-state index in [9.17, 15) is 4.79 Å². The number of amides is 1. The quantitative estimate of drug-likeness (QED) is 0.539. The molecule has 3 aromatic heterocycles. The van der Waals surface area contributed by atoms with Gasteiger partial charge in [0.05, 0.1) is 23.0 Å². The molecule has 0 saturated heterocycles. The van der Waals surface area contributed by atoms with Gasteiger partial charge in [-0.05, 0) is 38.5 Å². The Bertz CT molecular complexity index is 1220. The molecule has 146 valence electrons. The fourth-order valence-electron chi connectivity index (χ4n) is 3.33. The highest BCUT2D eigenvalue weighted by molar-refractivity contribution is 6.07. The second kappa shape index (κ2) is 7.09. The van der Waals surface area contributed by atoms with Crippen LogP contribution in [0, 0.1) is 20.8 Å². The number of aryl methyl sites for hydroxylation is 3. The van der Waals surface area contributed by atoms with Gasteiger partial charge in [-0.25, -0.2) is 19.6 Å². The van der Waals surface area contributed by atoms with Gasteiger partial charge < -0.3 is 4.90 Å². The fraction of sp³-hybridized carbons (Fsp3) is 0.227. The van der Waals surface area contributed by atoms with E-state index in [1.807, 2.05) is 57.3 Å². The third kappa shape index (κ3) is 3.47. The first-order chi connectivity index (χ1) is 13.8. The Hall–Kier alpha value is -3.61. The van der Waals surface area contributed by atoms with E-state index in [-0.39, 0.29) is 5.91 Å². The molecule has 0 fully saturated rings. The van der Waals surface area contributed by atoms with Gasteiger partial charge in [0.25, 0.3) is 11.9 Å². The van der Waals surface area contributed by atoms with Gasteiger partial charge in [0.2, 0.25) is 0 Å². The van der Waals surface area contributed by atoms with E-state index in [1.165, 1.54) is 0 Å². The van der Waals surface area contributed by atoms with Crippen molar-refractivity contribution in [2.45, 2.75) is 20.8 Å². The van der Waals surface area contributed by atoms with Crippen molar-refractivity contribution in [3.63, 3.8) is 0 Å². The molecule has 0 aliphatic heterocycles. The zero-order chi connectivity index (χ0) is 20.7. The Kier molecular flexibility index (Phi) is 4.58. The molecular weight excluding hydrogens is 364 g/mol. The van der Waals surface area contributed by atoms with Gasteiger partial charge in [0, 0.05) is 42.6 Å². The molecule has 0 radical (unpaired) electrons. The molecule has 0 N–H and O–H groups in total. The lowest BCUT2D eigenvalue weighted by atomic mass is 10.0. The average Bonchev–Trinajstić information content (AvgIpc) is 3.16. The lowest BCUT2D eigenvalue weighted by Crippen LogP contribution is -2.22. The summed E-state index contributed by atoms with van der Waals surface area (Å²) in [4.78, 5) is 28.1. The van der Waals surface area contributed by atoms with Crippen LogP contribution >= 0.6 is 0 Å². The van der Waals surface area contributed by atoms with Crippen LogP contribution in [0.2, 0.25) is 0 Å². The maximum absolute atomic E-state index is 12.8. The first kappa shape index (κ1) is 18.7. The van der Waals surface area contributed by atoms with Crippen LogP contribution in [0.4, 0.5) is 0 Å². The van der Waals surface area contributed by atoms with Crippen molar-refractivity contribution < 1.29 is 4.79 Å². The van der Waals surface area contributed by atoms with Crippen molar-refractivity contribution in [3.05, 3.63) is 65.2 Å². The lowest BCUT2D eigenvalue weighted by molar-refractivity contribution is 0.0829. The van der Waals surface area contributed by atoms with Crippen molar-refractivity contribution >= 4 is 16.8 Å². The Labute approximate surface area is 169 Å². The molecule has 0 aliphatic carbocycles. The minimum atomic E-state index is -0.0608. The van der Waals surface area contributed by atoms with Crippen LogP contribution in [-0.4, -0.2) is 49.6 Å². The van der Waals surface area contributed by atoms with Crippen LogP contribution in [0.5, 0.6) is 0 Å². The van der Waals surface area contributed by atoms with Crippen LogP contribution in [0.1, 0.15) is 27.3 Å². The maximum atomic E-state index is 12.8. The van der Waals surface area contributed by atoms with Crippen molar-refractivity contribution in [3.8, 4) is 17.2 Å². The lowest BCUT2D eigenvalue weighted by Gasteiger charge is -2.14. The Morgan fingerprint density at radius 1 is 1.00 bits per heavy atom. The number of aromatic nitrogens is 5. The van der Waals surface area contributed by atoms with E-state index >= 15 is 0 Å². The highest BCUT2D eigenvalue weighted by atomic mass is 16.2. The predicted molar refractivity (Wildman–Crippen MR) is 112 cm³/mol. The first-order valence-corrected chi connectivity index (χ1v) is 9.33. The first-order valence-electron chi connectivity index (χ1n) is 9.33. The summed E-state index contributed by atoms with van der Waals surface area (Å²) < 4.78 is 1.63. The van der Waals surface area contributed by atoms with Gasteiger partial charge in [-0.3, -0.25) is 4.79 Å². The van der Waals surface area contributed by atoms with Crippen molar-refractivity contribution in [1.29, 1.82) is 0 Å². The smallest absolute Gasteiger partial charge is 0.254 e. The second-order valence-electron chi connectivity index (χ2n) is 7.35. The van der Waals surface area contributed by atoms with Crippen LogP contribution in [0.15, 0.2) is 42.7 Å². The Balaban J connectivity index is 1.87. The molecular formula is C22H22N6O. The Morgan fingerprint density at radius 3 is 2.41 bits per heavy atom. The van der Waals surface area contributed by atoms with Crippen molar-refractivity contribution in [2.24, 2.45) is 0 Å². The molecule has 7 heteroatoms. The van der Waals surface area contributed by atoms with E-state index in [4.69, 9.17) is 4.98 Å². The number of hydrogen-bond acceptors (Lipinski definition) is 5. The van der Waals surface area contributed by atoms with E-state index in [0.29, 0.717) is 17.2 Å². The van der Waals surface area contributed by atoms with E-state index < -0.39 is 0 Å². The van der Waals surface area contributed by atoms with E-state index in [1.54, 1.807) is 29.9 Å².